The number of rotatable bonds is 6. The standard InChI is InChI=1S/C34H38N6O7/c1-4-34(45)23-15-25-27-21(16-40(25)30(42)22(23)17-47-32(34)44)28(39-10-12-46-13-11-39)20-14-19(7-8-24(20)38-27)37-29(41)18(2)36-31(43)33(3)9-5-6-26(33)35/h5,7-9,14-15,18,26,45H,4,6,10-13,16-17,35H2,1-3H3,(H,36,43)(H,37,41)/t18-,26?,33-,34-/m0/s1. The molecule has 47 heavy (non-hydrogen) atoms. The molecule has 3 aromatic rings. The van der Waals surface area contributed by atoms with E-state index in [4.69, 9.17) is 20.2 Å². The smallest absolute Gasteiger partial charge is 0.343 e. The molecule has 5 heterocycles. The molecule has 13 nitrogen and oxygen atoms in total. The van der Waals surface area contributed by atoms with E-state index in [0.29, 0.717) is 55.3 Å². The van der Waals surface area contributed by atoms with Gasteiger partial charge in [-0.05, 0) is 51.0 Å². The van der Waals surface area contributed by atoms with Crippen molar-refractivity contribution in [3.63, 3.8) is 0 Å². The number of fused-ring (bicyclic) bond motifs is 5. The normalized spacial score (nSPS) is 25.2. The van der Waals surface area contributed by atoms with Crippen LogP contribution in [0.4, 0.5) is 11.4 Å². The highest BCUT2D eigenvalue weighted by atomic mass is 16.6. The summed E-state index contributed by atoms with van der Waals surface area (Å²) in [7, 11) is 0. The van der Waals surface area contributed by atoms with Crippen molar-refractivity contribution in [1.29, 1.82) is 0 Å². The van der Waals surface area contributed by atoms with E-state index in [0.717, 1.165) is 16.6 Å². The number of benzene rings is 1. The van der Waals surface area contributed by atoms with Gasteiger partial charge in [-0.1, -0.05) is 19.1 Å². The van der Waals surface area contributed by atoms with E-state index in [2.05, 4.69) is 15.5 Å². The Morgan fingerprint density at radius 2 is 1.96 bits per heavy atom. The number of nitrogens with two attached hydrogens (primary N) is 1. The third kappa shape index (κ3) is 4.83. The topological polar surface area (TPSA) is 178 Å². The zero-order valence-electron chi connectivity index (χ0n) is 26.6. The van der Waals surface area contributed by atoms with Crippen molar-refractivity contribution in [2.75, 3.05) is 36.5 Å². The van der Waals surface area contributed by atoms with Crippen molar-refractivity contribution < 1.29 is 29.0 Å². The first-order valence-electron chi connectivity index (χ1n) is 16.0. The Morgan fingerprint density at radius 3 is 2.66 bits per heavy atom. The lowest BCUT2D eigenvalue weighted by Gasteiger charge is -2.31. The Hall–Kier alpha value is -4.59. The van der Waals surface area contributed by atoms with Gasteiger partial charge in [0.1, 0.15) is 12.6 Å². The summed E-state index contributed by atoms with van der Waals surface area (Å²) in [6.45, 7) is 7.36. The molecule has 0 saturated carbocycles. The van der Waals surface area contributed by atoms with Gasteiger partial charge in [0.25, 0.3) is 5.56 Å². The molecule has 5 N–H and O–H groups in total. The first-order valence-corrected chi connectivity index (χ1v) is 16.0. The van der Waals surface area contributed by atoms with E-state index in [1.54, 1.807) is 49.6 Å². The number of anilines is 2. The van der Waals surface area contributed by atoms with Gasteiger partial charge in [-0.2, -0.15) is 0 Å². The minimum atomic E-state index is -1.92. The molecule has 1 aliphatic carbocycles. The van der Waals surface area contributed by atoms with Crippen LogP contribution in [0.25, 0.3) is 22.3 Å². The molecule has 1 aromatic carbocycles. The quantitative estimate of drug-likeness (QED) is 0.179. The Balaban J connectivity index is 1.27. The number of cyclic esters (lactones) is 1. The minimum Gasteiger partial charge on any atom is -0.458 e. The Morgan fingerprint density at radius 1 is 1.19 bits per heavy atom. The number of hydrogen-bond acceptors (Lipinski definition) is 10. The molecule has 1 unspecified atom stereocenters. The van der Waals surface area contributed by atoms with Crippen LogP contribution in [-0.4, -0.2) is 70.8 Å². The van der Waals surface area contributed by atoms with Crippen LogP contribution in [0.5, 0.6) is 0 Å². The molecule has 4 aliphatic rings. The molecule has 2 aromatic heterocycles. The average molecular weight is 643 g/mol. The van der Waals surface area contributed by atoms with Crippen LogP contribution in [0.15, 0.2) is 41.2 Å². The second kappa shape index (κ2) is 11.3. The molecule has 2 amide bonds. The third-order valence-corrected chi connectivity index (χ3v) is 10.1. The molecule has 246 valence electrons. The Labute approximate surface area is 270 Å². The summed E-state index contributed by atoms with van der Waals surface area (Å²) in [6.07, 6.45) is 4.32. The lowest BCUT2D eigenvalue weighted by atomic mass is 9.85. The van der Waals surface area contributed by atoms with Gasteiger partial charge in [-0.3, -0.25) is 14.4 Å². The van der Waals surface area contributed by atoms with Crippen molar-refractivity contribution in [2.45, 2.75) is 64.4 Å². The summed E-state index contributed by atoms with van der Waals surface area (Å²) in [5.74, 6) is -1.46. The first kappa shape index (κ1) is 31.0. The van der Waals surface area contributed by atoms with Crippen LogP contribution >= 0.6 is 0 Å². The number of carbonyl (C=O) groups is 3. The van der Waals surface area contributed by atoms with Crippen LogP contribution in [0, 0.1) is 5.41 Å². The highest BCUT2D eigenvalue weighted by molar-refractivity contribution is 6.03. The summed E-state index contributed by atoms with van der Waals surface area (Å²) >= 11 is 0. The lowest BCUT2D eigenvalue weighted by Crippen LogP contribution is -2.52. The Kier molecular flexibility index (Phi) is 7.45. The van der Waals surface area contributed by atoms with Gasteiger partial charge >= 0.3 is 5.97 Å². The highest BCUT2D eigenvalue weighted by Gasteiger charge is 2.46. The van der Waals surface area contributed by atoms with E-state index >= 15 is 0 Å². The van der Waals surface area contributed by atoms with Gasteiger partial charge < -0.3 is 40.4 Å². The van der Waals surface area contributed by atoms with Crippen molar-refractivity contribution in [3.05, 3.63) is 63.5 Å². The highest BCUT2D eigenvalue weighted by Crippen LogP contribution is 2.44. The molecule has 0 spiro atoms. The van der Waals surface area contributed by atoms with E-state index in [-0.39, 0.29) is 54.1 Å². The molecule has 3 aliphatic heterocycles. The second-order valence-corrected chi connectivity index (χ2v) is 12.9. The summed E-state index contributed by atoms with van der Waals surface area (Å²) < 4.78 is 12.5. The maximum absolute atomic E-state index is 13.8. The zero-order chi connectivity index (χ0) is 33.2. The maximum Gasteiger partial charge on any atom is 0.343 e. The SMILES string of the molecule is CC[C@@]1(O)C(=O)OCc2c1cc1n(c2=O)Cc2c-1nc1ccc(NC(=O)[C@H](C)NC(=O)[C@@]3(C)C=CCC3N)cc1c2N1CCOCC1. The monoisotopic (exact) mass is 642 g/mol. The van der Waals surface area contributed by atoms with E-state index < -0.39 is 23.0 Å². The van der Waals surface area contributed by atoms with Crippen molar-refractivity contribution >= 4 is 40.1 Å². The summed E-state index contributed by atoms with van der Waals surface area (Å²) in [5, 5.41) is 17.8. The predicted octanol–water partition coefficient (Wildman–Crippen LogP) is 1.65. The fraction of sp³-hybridized carbons (Fsp3) is 0.441. The summed E-state index contributed by atoms with van der Waals surface area (Å²) in [4.78, 5) is 59.9. The fourth-order valence-corrected chi connectivity index (χ4v) is 7.02. The molecule has 0 bridgehead atoms. The predicted molar refractivity (Wildman–Crippen MR) is 174 cm³/mol. The van der Waals surface area contributed by atoms with Crippen LogP contribution in [0.2, 0.25) is 0 Å². The van der Waals surface area contributed by atoms with E-state index in [1.165, 1.54) is 0 Å². The fourth-order valence-electron chi connectivity index (χ4n) is 7.02. The number of carbonyl (C=O) groups excluding carboxylic acids is 3. The van der Waals surface area contributed by atoms with Crippen LogP contribution < -0.4 is 26.8 Å². The average Bonchev–Trinajstić information content (AvgIpc) is 3.61. The number of nitrogens with zero attached hydrogens (tertiary/aromatic N) is 3. The van der Waals surface area contributed by atoms with Gasteiger partial charge in [0.15, 0.2) is 5.60 Å². The largest absolute Gasteiger partial charge is 0.458 e. The number of esters is 1. The number of hydrogen-bond donors (Lipinski definition) is 4. The third-order valence-electron chi connectivity index (χ3n) is 10.1. The summed E-state index contributed by atoms with van der Waals surface area (Å²) in [5.41, 5.74) is 7.52. The molecular weight excluding hydrogens is 604 g/mol. The molecule has 4 atom stereocenters. The number of aliphatic hydroxyl groups is 1. The number of amides is 2. The molecular formula is C34H38N6O7. The zero-order valence-corrected chi connectivity index (χ0v) is 26.6. The minimum absolute atomic E-state index is 0.0550. The van der Waals surface area contributed by atoms with Gasteiger partial charge in [0, 0.05) is 41.3 Å². The van der Waals surface area contributed by atoms with E-state index in [9.17, 15) is 24.3 Å². The number of nitrogens with one attached hydrogen (secondary N) is 2. The van der Waals surface area contributed by atoms with Gasteiger partial charge in [0.2, 0.25) is 11.8 Å². The lowest BCUT2D eigenvalue weighted by molar-refractivity contribution is -0.172. The molecule has 1 saturated heterocycles. The van der Waals surface area contributed by atoms with Gasteiger partial charge in [-0.15, -0.1) is 0 Å². The van der Waals surface area contributed by atoms with Crippen molar-refractivity contribution in [3.8, 4) is 11.4 Å². The summed E-state index contributed by atoms with van der Waals surface area (Å²) in [6, 6.07) is 5.93. The number of pyridine rings is 2. The van der Waals surface area contributed by atoms with Crippen LogP contribution in [-0.2, 0) is 42.6 Å². The van der Waals surface area contributed by atoms with Crippen LogP contribution in [0.3, 0.4) is 0 Å². The molecule has 13 heteroatoms. The number of morpholine rings is 1. The van der Waals surface area contributed by atoms with Crippen LogP contribution in [0.1, 0.15) is 50.3 Å². The molecule has 1 fully saturated rings. The van der Waals surface area contributed by atoms with Gasteiger partial charge in [0.05, 0.1) is 53.3 Å². The molecule has 7 rings (SSSR count). The number of ether oxygens (including phenoxy) is 2. The first-order chi connectivity index (χ1) is 22.5. The van der Waals surface area contributed by atoms with Crippen molar-refractivity contribution in [1.82, 2.24) is 14.9 Å². The van der Waals surface area contributed by atoms with Gasteiger partial charge in [-0.25, -0.2) is 9.78 Å². The number of aromatic nitrogens is 2. The second-order valence-electron chi connectivity index (χ2n) is 12.9. The molecule has 0 radical (unpaired) electrons. The van der Waals surface area contributed by atoms with Crippen molar-refractivity contribution in [2.24, 2.45) is 11.1 Å². The maximum atomic E-state index is 13.8. The van der Waals surface area contributed by atoms with E-state index in [1.807, 2.05) is 12.1 Å². The Bertz CT molecular complexity index is 1930.